The highest BCUT2D eigenvalue weighted by Crippen LogP contribution is 2.31. The molecule has 0 saturated heterocycles. The lowest BCUT2D eigenvalue weighted by molar-refractivity contribution is 0.419. The Bertz CT molecular complexity index is 806. The molecule has 0 amide bonds. The Labute approximate surface area is 116 Å². The van der Waals surface area contributed by atoms with E-state index in [2.05, 4.69) is 0 Å². The second-order valence-corrected chi connectivity index (χ2v) is 4.03. The number of nitrogen functional groups attached to an aromatic ring is 1. The standard InChI is InChI=1S/C14H11NO3.C2H6/c1-17-11-3-2-4-12-13(11)9-6-5-8(15)7-10(9)14(16)18-12;1-2/h2-7H,15H2,1H3;1-2H3. The summed E-state index contributed by atoms with van der Waals surface area (Å²) in [5, 5.41) is 2.04. The zero-order valence-electron chi connectivity index (χ0n) is 11.8. The first-order valence-corrected chi connectivity index (χ1v) is 6.50. The molecule has 3 rings (SSSR count). The second-order valence-electron chi connectivity index (χ2n) is 4.03. The van der Waals surface area contributed by atoms with E-state index >= 15 is 0 Å². The Morgan fingerprint density at radius 3 is 2.55 bits per heavy atom. The average Bonchev–Trinajstić information content (AvgIpc) is 2.49. The molecule has 20 heavy (non-hydrogen) atoms. The molecule has 0 radical (unpaired) electrons. The zero-order chi connectivity index (χ0) is 14.7. The van der Waals surface area contributed by atoms with Gasteiger partial charge in [-0.1, -0.05) is 26.0 Å². The van der Waals surface area contributed by atoms with Crippen LogP contribution in [-0.2, 0) is 0 Å². The van der Waals surface area contributed by atoms with Crippen molar-refractivity contribution >= 4 is 27.4 Å². The fraction of sp³-hybridized carbons (Fsp3) is 0.188. The molecule has 0 aliphatic heterocycles. The highest BCUT2D eigenvalue weighted by atomic mass is 16.5. The lowest BCUT2D eigenvalue weighted by Crippen LogP contribution is -2.01. The number of fused-ring (bicyclic) bond motifs is 3. The number of rotatable bonds is 1. The van der Waals surface area contributed by atoms with Crippen LogP contribution >= 0.6 is 0 Å². The average molecular weight is 271 g/mol. The van der Waals surface area contributed by atoms with Crippen molar-refractivity contribution in [2.75, 3.05) is 12.8 Å². The number of methoxy groups -OCH3 is 1. The molecule has 0 spiro atoms. The van der Waals surface area contributed by atoms with E-state index in [1.54, 1.807) is 31.4 Å². The van der Waals surface area contributed by atoms with E-state index in [0.717, 1.165) is 10.8 Å². The van der Waals surface area contributed by atoms with Gasteiger partial charge in [0.1, 0.15) is 11.3 Å². The molecule has 4 heteroatoms. The largest absolute Gasteiger partial charge is 0.496 e. The van der Waals surface area contributed by atoms with Crippen LogP contribution in [0.4, 0.5) is 5.69 Å². The summed E-state index contributed by atoms with van der Waals surface area (Å²) in [5.74, 6) is 0.672. The molecule has 104 valence electrons. The van der Waals surface area contributed by atoms with Gasteiger partial charge in [0.25, 0.3) is 0 Å². The van der Waals surface area contributed by atoms with Gasteiger partial charge in [-0.2, -0.15) is 0 Å². The number of benzene rings is 2. The van der Waals surface area contributed by atoms with Crippen molar-refractivity contribution in [2.24, 2.45) is 0 Å². The summed E-state index contributed by atoms with van der Waals surface area (Å²) in [6.45, 7) is 4.00. The smallest absolute Gasteiger partial charge is 0.344 e. The third kappa shape index (κ3) is 2.20. The van der Waals surface area contributed by atoms with Gasteiger partial charge in [-0.25, -0.2) is 4.79 Å². The van der Waals surface area contributed by atoms with Gasteiger partial charge < -0.3 is 14.9 Å². The molecule has 0 aliphatic carbocycles. The van der Waals surface area contributed by atoms with Crippen molar-refractivity contribution in [3.63, 3.8) is 0 Å². The van der Waals surface area contributed by atoms with Gasteiger partial charge in [0.15, 0.2) is 0 Å². The molecular formula is C16H17NO3. The van der Waals surface area contributed by atoms with Crippen molar-refractivity contribution in [3.8, 4) is 5.75 Å². The molecule has 1 heterocycles. The van der Waals surface area contributed by atoms with Crippen molar-refractivity contribution in [2.45, 2.75) is 13.8 Å². The lowest BCUT2D eigenvalue weighted by Gasteiger charge is -2.07. The molecule has 0 saturated carbocycles. The minimum absolute atomic E-state index is 0.391. The number of anilines is 1. The summed E-state index contributed by atoms with van der Waals surface area (Å²) >= 11 is 0. The third-order valence-corrected chi connectivity index (χ3v) is 2.94. The Morgan fingerprint density at radius 2 is 1.85 bits per heavy atom. The third-order valence-electron chi connectivity index (χ3n) is 2.94. The Morgan fingerprint density at radius 1 is 1.10 bits per heavy atom. The van der Waals surface area contributed by atoms with Crippen LogP contribution in [0, 0.1) is 0 Å². The Balaban J connectivity index is 0.000000704. The van der Waals surface area contributed by atoms with Crippen LogP contribution in [0.5, 0.6) is 5.75 Å². The molecule has 0 atom stereocenters. The zero-order valence-corrected chi connectivity index (χ0v) is 11.8. The molecule has 2 aromatic carbocycles. The van der Waals surface area contributed by atoms with E-state index in [0.29, 0.717) is 22.4 Å². The van der Waals surface area contributed by atoms with Crippen LogP contribution in [0.3, 0.4) is 0 Å². The maximum Gasteiger partial charge on any atom is 0.344 e. The Kier molecular flexibility index (Phi) is 3.94. The van der Waals surface area contributed by atoms with Gasteiger partial charge >= 0.3 is 5.63 Å². The normalized spacial score (nSPS) is 10.2. The fourth-order valence-electron chi connectivity index (χ4n) is 2.14. The minimum atomic E-state index is -0.391. The van der Waals surface area contributed by atoms with E-state index in [1.165, 1.54) is 0 Å². The summed E-state index contributed by atoms with van der Waals surface area (Å²) in [6, 6.07) is 10.5. The van der Waals surface area contributed by atoms with Crippen molar-refractivity contribution in [1.82, 2.24) is 0 Å². The van der Waals surface area contributed by atoms with E-state index < -0.39 is 5.63 Å². The van der Waals surface area contributed by atoms with Gasteiger partial charge in [-0.05, 0) is 24.3 Å². The molecular weight excluding hydrogens is 254 g/mol. The van der Waals surface area contributed by atoms with Crippen molar-refractivity contribution in [3.05, 3.63) is 46.8 Å². The number of ether oxygens (including phenoxy) is 1. The first kappa shape index (κ1) is 13.9. The molecule has 0 fully saturated rings. The summed E-state index contributed by atoms with van der Waals surface area (Å²) in [5.41, 5.74) is 6.35. The van der Waals surface area contributed by atoms with Crippen LogP contribution in [0.15, 0.2) is 45.6 Å². The highest BCUT2D eigenvalue weighted by molar-refractivity contribution is 6.08. The van der Waals surface area contributed by atoms with Crippen LogP contribution in [0.1, 0.15) is 13.8 Å². The number of nitrogens with two attached hydrogens (primary N) is 1. The minimum Gasteiger partial charge on any atom is -0.496 e. The number of hydrogen-bond donors (Lipinski definition) is 1. The van der Waals surface area contributed by atoms with Gasteiger partial charge in [0.2, 0.25) is 0 Å². The van der Waals surface area contributed by atoms with E-state index in [9.17, 15) is 4.79 Å². The monoisotopic (exact) mass is 271 g/mol. The quantitative estimate of drug-likeness (QED) is 0.417. The second kappa shape index (κ2) is 5.65. The van der Waals surface area contributed by atoms with Gasteiger partial charge in [-0.3, -0.25) is 0 Å². The molecule has 4 nitrogen and oxygen atoms in total. The molecule has 0 unspecified atom stereocenters. The first-order chi connectivity index (χ1) is 9.70. The molecule has 1 aromatic heterocycles. The van der Waals surface area contributed by atoms with E-state index in [4.69, 9.17) is 14.9 Å². The highest BCUT2D eigenvalue weighted by Gasteiger charge is 2.11. The number of hydrogen-bond acceptors (Lipinski definition) is 4. The van der Waals surface area contributed by atoms with Crippen molar-refractivity contribution < 1.29 is 9.15 Å². The van der Waals surface area contributed by atoms with Gasteiger partial charge in [0.05, 0.1) is 17.9 Å². The maximum absolute atomic E-state index is 11.9. The summed E-state index contributed by atoms with van der Waals surface area (Å²) < 4.78 is 10.6. The molecule has 2 N–H and O–H groups in total. The van der Waals surface area contributed by atoms with Gasteiger partial charge in [-0.15, -0.1) is 0 Å². The van der Waals surface area contributed by atoms with Crippen LogP contribution in [0.2, 0.25) is 0 Å². The Hall–Kier alpha value is -2.49. The summed E-state index contributed by atoms with van der Waals surface area (Å²) in [4.78, 5) is 11.9. The molecule has 3 aromatic rings. The molecule has 0 bridgehead atoms. The SMILES string of the molecule is CC.COc1cccc2oc(=O)c3cc(N)ccc3c12. The van der Waals surface area contributed by atoms with E-state index in [1.807, 2.05) is 26.0 Å². The van der Waals surface area contributed by atoms with Crippen LogP contribution < -0.4 is 16.1 Å². The fourth-order valence-corrected chi connectivity index (χ4v) is 2.14. The first-order valence-electron chi connectivity index (χ1n) is 6.50. The van der Waals surface area contributed by atoms with E-state index in [-0.39, 0.29) is 0 Å². The summed E-state index contributed by atoms with van der Waals surface area (Å²) in [6.07, 6.45) is 0. The lowest BCUT2D eigenvalue weighted by atomic mass is 10.1. The maximum atomic E-state index is 11.9. The summed E-state index contributed by atoms with van der Waals surface area (Å²) in [7, 11) is 1.59. The topological polar surface area (TPSA) is 65.5 Å². The van der Waals surface area contributed by atoms with Gasteiger partial charge in [0, 0.05) is 11.1 Å². The predicted octanol–water partition coefficient (Wildman–Crippen LogP) is 3.56. The van der Waals surface area contributed by atoms with Crippen molar-refractivity contribution in [1.29, 1.82) is 0 Å². The van der Waals surface area contributed by atoms with Crippen LogP contribution in [0.25, 0.3) is 21.7 Å². The predicted molar refractivity (Wildman–Crippen MR) is 82.3 cm³/mol. The van der Waals surface area contributed by atoms with Crippen LogP contribution in [-0.4, -0.2) is 7.11 Å². The molecule has 0 aliphatic rings.